The molecular formula is C12H13NO6P2S. The molecule has 0 radical (unpaired) electrons. The molecule has 0 saturated heterocycles. The molecule has 2 aromatic carbocycles. The Morgan fingerprint density at radius 1 is 0.864 bits per heavy atom. The number of hydrogen-bond donors (Lipinski definition) is 4. The molecule has 0 spiro atoms. The fourth-order valence-electron chi connectivity index (χ4n) is 1.57. The Morgan fingerprint density at radius 3 is 1.95 bits per heavy atom. The van der Waals surface area contributed by atoms with Gasteiger partial charge in [-0.1, -0.05) is 18.2 Å². The van der Waals surface area contributed by atoms with E-state index in [0.29, 0.717) is 0 Å². The van der Waals surface area contributed by atoms with Crippen LogP contribution in [0.3, 0.4) is 0 Å². The Labute approximate surface area is 130 Å². The van der Waals surface area contributed by atoms with Crippen molar-refractivity contribution in [2.45, 2.75) is 0 Å². The third-order valence-corrected chi connectivity index (χ3v) is 8.46. The normalized spacial score (nSPS) is 14.1. The lowest BCUT2D eigenvalue weighted by atomic mass is 10.2. The monoisotopic (exact) mass is 361 g/mol. The molecule has 2 rings (SSSR count). The van der Waals surface area contributed by atoms with Gasteiger partial charge in [0.05, 0.1) is 11.0 Å². The molecule has 0 amide bonds. The molecule has 2 aromatic rings. The molecule has 0 aliphatic heterocycles. The Balaban J connectivity index is 2.03. The van der Waals surface area contributed by atoms with E-state index in [2.05, 4.69) is 5.32 Å². The summed E-state index contributed by atoms with van der Waals surface area (Å²) in [4.78, 5) is 26.8. The Morgan fingerprint density at radius 2 is 1.41 bits per heavy atom. The number of benzene rings is 2. The summed E-state index contributed by atoms with van der Waals surface area (Å²) in [7, 11) is 0. The average Bonchev–Trinajstić information content (AvgIpc) is 2.39. The van der Waals surface area contributed by atoms with Crippen molar-refractivity contribution in [3.63, 3.8) is 0 Å². The van der Waals surface area contributed by atoms with Crippen LogP contribution in [0.15, 0.2) is 54.6 Å². The van der Waals surface area contributed by atoms with Crippen LogP contribution in [0.2, 0.25) is 0 Å². The summed E-state index contributed by atoms with van der Waals surface area (Å²) in [5, 5.41) is 3.12. The average molecular weight is 361 g/mol. The zero-order chi connectivity index (χ0) is 16.2. The Kier molecular flexibility index (Phi) is 5.34. The molecule has 0 heterocycles. The molecular weight excluding hydrogens is 348 g/mol. The standard InChI is InChI=1S/C12H13NO6P2S/c14-20(15,16)22-21(17,18)19-12-8-6-11(7-9-12)13-10-4-2-1-3-5-10/h1-9,13H,(H,17,18)(H2,14,15,16). The molecule has 0 aliphatic rings. The molecule has 22 heavy (non-hydrogen) atoms. The number of para-hydroxylation sites is 1. The van der Waals surface area contributed by atoms with E-state index in [-0.39, 0.29) is 5.75 Å². The number of rotatable bonds is 6. The first-order valence-corrected chi connectivity index (χ1v) is 11.2. The lowest BCUT2D eigenvalue weighted by molar-refractivity contribution is 0.394. The van der Waals surface area contributed by atoms with E-state index < -0.39 is 24.6 Å². The Hall–Kier alpha value is -1.27. The van der Waals surface area contributed by atoms with Crippen molar-refractivity contribution in [2.75, 3.05) is 5.32 Å². The van der Waals surface area contributed by atoms with Gasteiger partial charge in [0.2, 0.25) is 0 Å². The molecule has 4 N–H and O–H groups in total. The van der Waals surface area contributed by atoms with Crippen molar-refractivity contribution in [2.24, 2.45) is 0 Å². The van der Waals surface area contributed by atoms with E-state index in [9.17, 15) is 14.0 Å². The molecule has 0 aromatic heterocycles. The second-order valence-corrected chi connectivity index (χ2v) is 11.2. The molecule has 0 aliphatic carbocycles. The minimum atomic E-state index is -4.71. The van der Waals surface area contributed by atoms with Gasteiger partial charge in [-0.05, 0) is 36.4 Å². The molecule has 118 valence electrons. The Bertz CT molecular complexity index is 718. The predicted molar refractivity (Wildman–Crippen MR) is 86.3 cm³/mol. The van der Waals surface area contributed by atoms with E-state index in [0.717, 1.165) is 11.4 Å². The highest BCUT2D eigenvalue weighted by Crippen LogP contribution is 2.72. The summed E-state index contributed by atoms with van der Waals surface area (Å²) < 4.78 is 27.0. The largest absolute Gasteiger partial charge is 0.448 e. The zero-order valence-corrected chi connectivity index (χ0v) is 13.7. The highest BCUT2D eigenvalue weighted by atomic mass is 33.1. The molecule has 1 unspecified atom stereocenters. The van der Waals surface area contributed by atoms with Crippen molar-refractivity contribution in [1.29, 1.82) is 0 Å². The van der Waals surface area contributed by atoms with Crippen LogP contribution in [0.4, 0.5) is 11.4 Å². The summed E-state index contributed by atoms with van der Waals surface area (Å²) in [6, 6.07) is 15.5. The van der Waals surface area contributed by atoms with Crippen LogP contribution >= 0.6 is 24.6 Å². The van der Waals surface area contributed by atoms with Gasteiger partial charge in [-0.2, -0.15) is 0 Å². The van der Waals surface area contributed by atoms with E-state index in [1.165, 1.54) is 12.1 Å². The van der Waals surface area contributed by atoms with Gasteiger partial charge in [0.25, 0.3) is 0 Å². The van der Waals surface area contributed by atoms with E-state index in [1.807, 2.05) is 30.3 Å². The van der Waals surface area contributed by atoms with Crippen molar-refractivity contribution in [3.05, 3.63) is 54.6 Å². The summed E-state index contributed by atoms with van der Waals surface area (Å²) in [6.07, 6.45) is 0. The van der Waals surface area contributed by atoms with Crippen molar-refractivity contribution < 1.29 is 28.3 Å². The van der Waals surface area contributed by atoms with E-state index in [4.69, 9.17) is 14.3 Å². The second-order valence-electron chi connectivity index (χ2n) is 4.15. The van der Waals surface area contributed by atoms with Gasteiger partial charge >= 0.3 is 13.6 Å². The lowest BCUT2D eigenvalue weighted by Crippen LogP contribution is -1.91. The molecule has 10 heteroatoms. The number of hydrogen-bond acceptors (Lipinski definition) is 5. The number of nitrogens with one attached hydrogen (secondary N) is 1. The molecule has 7 nitrogen and oxygen atoms in total. The van der Waals surface area contributed by atoms with Crippen LogP contribution in [0, 0.1) is 0 Å². The first kappa shape index (κ1) is 17.1. The maximum absolute atomic E-state index is 11.6. The van der Waals surface area contributed by atoms with Gasteiger partial charge < -0.3 is 24.5 Å². The maximum atomic E-state index is 11.6. The predicted octanol–water partition coefficient (Wildman–Crippen LogP) is 3.74. The molecule has 0 bridgehead atoms. The van der Waals surface area contributed by atoms with Crippen LogP contribution < -0.4 is 9.84 Å². The molecule has 0 saturated carbocycles. The summed E-state index contributed by atoms with van der Waals surface area (Å²) in [6.45, 7) is -9.20. The van der Waals surface area contributed by atoms with Crippen LogP contribution in [-0.4, -0.2) is 14.7 Å². The first-order chi connectivity index (χ1) is 10.2. The van der Waals surface area contributed by atoms with Gasteiger partial charge in [-0.25, -0.2) is 9.13 Å². The fourth-order valence-corrected chi connectivity index (χ4v) is 6.15. The van der Waals surface area contributed by atoms with Crippen LogP contribution in [0.5, 0.6) is 5.75 Å². The summed E-state index contributed by atoms with van der Waals surface area (Å²) in [5.41, 5.74) is 1.61. The lowest BCUT2D eigenvalue weighted by Gasteiger charge is -2.13. The van der Waals surface area contributed by atoms with Crippen molar-refractivity contribution in [1.82, 2.24) is 0 Å². The summed E-state index contributed by atoms with van der Waals surface area (Å²) in [5.74, 6) is 0.0328. The van der Waals surface area contributed by atoms with E-state index >= 15 is 0 Å². The molecule has 0 fully saturated rings. The van der Waals surface area contributed by atoms with Gasteiger partial charge in [-0.15, -0.1) is 0 Å². The minimum absolute atomic E-state index is 0.0328. The highest BCUT2D eigenvalue weighted by molar-refractivity contribution is 8.84. The number of anilines is 2. The molecule has 1 atom stereocenters. The van der Waals surface area contributed by atoms with Crippen molar-refractivity contribution in [3.8, 4) is 5.75 Å². The fraction of sp³-hybridized carbons (Fsp3) is 0. The minimum Gasteiger partial charge on any atom is -0.417 e. The zero-order valence-electron chi connectivity index (χ0n) is 11.1. The van der Waals surface area contributed by atoms with Crippen LogP contribution in [0.25, 0.3) is 0 Å². The topological polar surface area (TPSA) is 116 Å². The second kappa shape index (κ2) is 6.87. The van der Waals surface area contributed by atoms with Crippen LogP contribution in [-0.2, 0) is 9.13 Å². The van der Waals surface area contributed by atoms with Gasteiger partial charge in [0.15, 0.2) is 0 Å². The quantitative estimate of drug-likeness (QED) is 0.575. The van der Waals surface area contributed by atoms with Crippen molar-refractivity contribution >= 4 is 36.0 Å². The maximum Gasteiger partial charge on any atom is 0.448 e. The third-order valence-electron chi connectivity index (χ3n) is 2.35. The third kappa shape index (κ3) is 5.85. The smallest absolute Gasteiger partial charge is 0.417 e. The van der Waals surface area contributed by atoms with Crippen LogP contribution in [0.1, 0.15) is 0 Å². The van der Waals surface area contributed by atoms with Gasteiger partial charge in [0.1, 0.15) is 5.75 Å². The van der Waals surface area contributed by atoms with Gasteiger partial charge in [0, 0.05) is 11.4 Å². The van der Waals surface area contributed by atoms with Gasteiger partial charge in [-0.3, -0.25) is 0 Å². The summed E-state index contributed by atoms with van der Waals surface area (Å²) >= 11 is -0.399. The highest BCUT2D eigenvalue weighted by Gasteiger charge is 2.33. The SMILES string of the molecule is O=P(O)(O)SP(=O)(O)Oc1ccc(Nc2ccccc2)cc1. The van der Waals surface area contributed by atoms with E-state index in [1.54, 1.807) is 12.1 Å². The first-order valence-electron chi connectivity index (χ1n) is 5.95.